The summed E-state index contributed by atoms with van der Waals surface area (Å²) in [5.74, 6) is 1.18. The maximum Gasteiger partial charge on any atom is 0.356 e. The van der Waals surface area contributed by atoms with E-state index in [1.54, 1.807) is 30.3 Å². The number of carbonyl (C=O) groups is 1. The van der Waals surface area contributed by atoms with Crippen molar-refractivity contribution < 1.29 is 19.0 Å². The van der Waals surface area contributed by atoms with Crippen LogP contribution in [0.15, 0.2) is 53.0 Å². The summed E-state index contributed by atoms with van der Waals surface area (Å²) in [6.07, 6.45) is -0.760. The molecule has 1 atom stereocenters. The van der Waals surface area contributed by atoms with Gasteiger partial charge < -0.3 is 14.2 Å². The van der Waals surface area contributed by atoms with E-state index in [1.165, 1.54) is 0 Å². The molecule has 2 aromatic rings. The minimum absolute atomic E-state index is 0.143. The molecule has 20 heavy (non-hydrogen) atoms. The summed E-state index contributed by atoms with van der Waals surface area (Å²) < 4.78 is 17.2. The Morgan fingerprint density at radius 1 is 1.15 bits per heavy atom. The highest BCUT2D eigenvalue weighted by Gasteiger charge is 2.29. The molecule has 0 N–H and O–H groups in total. The molecule has 0 saturated carbocycles. The molecule has 1 aliphatic rings. The highest BCUT2D eigenvalue weighted by molar-refractivity contribution is 9.10. The van der Waals surface area contributed by atoms with Gasteiger partial charge in [0.1, 0.15) is 12.4 Å². The molecule has 102 valence electrons. The lowest BCUT2D eigenvalue weighted by molar-refractivity contribution is -0.144. The number of hydrogen-bond acceptors (Lipinski definition) is 4. The van der Waals surface area contributed by atoms with E-state index in [4.69, 9.17) is 14.2 Å². The molecule has 0 aromatic heterocycles. The number of carbonyl (C=O) groups excluding carboxylic acids is 1. The molecular weight excluding hydrogens is 324 g/mol. The lowest BCUT2D eigenvalue weighted by Gasteiger charge is -2.24. The zero-order chi connectivity index (χ0) is 13.9. The van der Waals surface area contributed by atoms with E-state index in [0.717, 1.165) is 4.47 Å². The van der Waals surface area contributed by atoms with Crippen molar-refractivity contribution in [1.29, 1.82) is 0 Å². The van der Waals surface area contributed by atoms with Gasteiger partial charge in [0.25, 0.3) is 0 Å². The number of benzene rings is 2. The van der Waals surface area contributed by atoms with Crippen LogP contribution in [-0.2, 0) is 4.79 Å². The van der Waals surface area contributed by atoms with Crippen molar-refractivity contribution in [3.05, 3.63) is 53.0 Å². The van der Waals surface area contributed by atoms with Crippen LogP contribution in [0.4, 0.5) is 0 Å². The monoisotopic (exact) mass is 334 g/mol. The van der Waals surface area contributed by atoms with Gasteiger partial charge in [0.05, 0.1) is 0 Å². The van der Waals surface area contributed by atoms with Crippen LogP contribution in [-0.4, -0.2) is 18.7 Å². The van der Waals surface area contributed by atoms with E-state index in [-0.39, 0.29) is 6.61 Å². The average Bonchev–Trinajstić information content (AvgIpc) is 2.47. The summed E-state index contributed by atoms with van der Waals surface area (Å²) in [5.41, 5.74) is 0. The summed E-state index contributed by atoms with van der Waals surface area (Å²) in [5, 5.41) is 0. The Morgan fingerprint density at radius 2 is 1.95 bits per heavy atom. The fraction of sp³-hybridized carbons (Fsp3) is 0.133. The van der Waals surface area contributed by atoms with Crippen LogP contribution < -0.4 is 14.2 Å². The Labute approximate surface area is 124 Å². The lowest BCUT2D eigenvalue weighted by atomic mass is 10.2. The topological polar surface area (TPSA) is 44.8 Å². The van der Waals surface area contributed by atoms with E-state index in [9.17, 15) is 4.79 Å². The summed E-state index contributed by atoms with van der Waals surface area (Å²) in [7, 11) is 0. The van der Waals surface area contributed by atoms with Gasteiger partial charge in [-0.25, -0.2) is 4.79 Å². The third kappa shape index (κ3) is 2.77. The molecule has 4 nitrogen and oxygen atoms in total. The van der Waals surface area contributed by atoms with Crippen molar-refractivity contribution in [1.82, 2.24) is 0 Å². The van der Waals surface area contributed by atoms with Crippen molar-refractivity contribution in [3.8, 4) is 17.2 Å². The van der Waals surface area contributed by atoms with E-state index in [0.29, 0.717) is 17.2 Å². The van der Waals surface area contributed by atoms with E-state index in [2.05, 4.69) is 15.9 Å². The van der Waals surface area contributed by atoms with E-state index >= 15 is 0 Å². The number of hydrogen-bond donors (Lipinski definition) is 0. The van der Waals surface area contributed by atoms with Gasteiger partial charge >= 0.3 is 5.97 Å². The molecule has 1 aliphatic heterocycles. The smallest absolute Gasteiger partial charge is 0.356 e. The maximum atomic E-state index is 12.0. The normalized spacial score (nSPS) is 16.6. The number of halogens is 1. The molecule has 2 aromatic carbocycles. The molecule has 0 amide bonds. The molecule has 0 spiro atoms. The molecule has 0 fully saturated rings. The maximum absolute atomic E-state index is 12.0. The second-order valence-electron chi connectivity index (χ2n) is 4.24. The van der Waals surface area contributed by atoms with Crippen molar-refractivity contribution in [3.63, 3.8) is 0 Å². The summed E-state index contributed by atoms with van der Waals surface area (Å²) >= 11 is 3.32. The number of rotatable bonds is 2. The van der Waals surface area contributed by atoms with Crippen LogP contribution in [0.5, 0.6) is 17.2 Å². The predicted octanol–water partition coefficient (Wildman–Crippen LogP) is 3.19. The number of ether oxygens (including phenoxy) is 3. The minimum Gasteiger partial charge on any atom is -0.485 e. The van der Waals surface area contributed by atoms with Gasteiger partial charge in [-0.2, -0.15) is 0 Å². The Balaban J connectivity index is 1.70. The van der Waals surface area contributed by atoms with Crippen molar-refractivity contribution in [2.45, 2.75) is 6.10 Å². The second kappa shape index (κ2) is 5.54. The Hall–Kier alpha value is -2.01. The Bertz CT molecular complexity index is 641. The molecule has 3 rings (SSSR count). The van der Waals surface area contributed by atoms with Gasteiger partial charge in [0, 0.05) is 4.47 Å². The van der Waals surface area contributed by atoms with Gasteiger partial charge in [0.2, 0.25) is 6.10 Å². The van der Waals surface area contributed by atoms with E-state index < -0.39 is 12.1 Å². The van der Waals surface area contributed by atoms with Crippen LogP contribution in [0.25, 0.3) is 0 Å². The molecule has 0 unspecified atom stereocenters. The lowest BCUT2D eigenvalue weighted by Crippen LogP contribution is -2.39. The van der Waals surface area contributed by atoms with Gasteiger partial charge in [0.15, 0.2) is 11.5 Å². The highest BCUT2D eigenvalue weighted by atomic mass is 79.9. The molecule has 5 heteroatoms. The van der Waals surface area contributed by atoms with Crippen molar-refractivity contribution in [2.75, 3.05) is 6.61 Å². The number of fused-ring (bicyclic) bond motifs is 1. The highest BCUT2D eigenvalue weighted by Crippen LogP contribution is 2.31. The van der Waals surface area contributed by atoms with Crippen LogP contribution in [0.3, 0.4) is 0 Å². The quantitative estimate of drug-likeness (QED) is 0.625. The molecule has 0 saturated heterocycles. The zero-order valence-corrected chi connectivity index (χ0v) is 12.0. The van der Waals surface area contributed by atoms with Crippen molar-refractivity contribution in [2.24, 2.45) is 0 Å². The standard InChI is InChI=1S/C15H11BrO4/c16-10-4-3-5-11(8-10)19-15(17)14-9-18-12-6-1-2-7-13(12)20-14/h1-8,14H,9H2/t14-/m0/s1. The minimum atomic E-state index is -0.760. The first-order valence-corrected chi connectivity index (χ1v) is 6.87. The molecule has 0 aliphatic carbocycles. The van der Waals surface area contributed by atoms with Gasteiger partial charge in [-0.05, 0) is 30.3 Å². The van der Waals surface area contributed by atoms with Crippen molar-refractivity contribution >= 4 is 21.9 Å². The van der Waals surface area contributed by atoms with Gasteiger partial charge in [-0.15, -0.1) is 0 Å². The van der Waals surface area contributed by atoms with E-state index in [1.807, 2.05) is 18.2 Å². The molecule has 1 heterocycles. The fourth-order valence-electron chi connectivity index (χ4n) is 1.85. The number of para-hydroxylation sites is 2. The molecule has 0 radical (unpaired) electrons. The van der Waals surface area contributed by atoms with Crippen LogP contribution in [0, 0.1) is 0 Å². The van der Waals surface area contributed by atoms with Gasteiger partial charge in [-0.3, -0.25) is 0 Å². The first-order chi connectivity index (χ1) is 9.72. The summed E-state index contributed by atoms with van der Waals surface area (Å²) in [6, 6.07) is 14.3. The zero-order valence-electron chi connectivity index (χ0n) is 10.4. The van der Waals surface area contributed by atoms with Crippen LogP contribution in [0.2, 0.25) is 0 Å². The average molecular weight is 335 g/mol. The SMILES string of the molecule is O=C(Oc1cccc(Br)c1)[C@@H]1COc2ccccc2O1. The van der Waals surface area contributed by atoms with Crippen LogP contribution in [0.1, 0.15) is 0 Å². The first kappa shape index (κ1) is 13.0. The first-order valence-electron chi connectivity index (χ1n) is 6.08. The fourth-order valence-corrected chi connectivity index (χ4v) is 2.23. The number of esters is 1. The Kier molecular flexibility index (Phi) is 3.60. The third-order valence-corrected chi connectivity index (χ3v) is 3.28. The van der Waals surface area contributed by atoms with Gasteiger partial charge in [-0.1, -0.05) is 34.1 Å². The largest absolute Gasteiger partial charge is 0.485 e. The van der Waals surface area contributed by atoms with Crippen LogP contribution >= 0.6 is 15.9 Å². The summed E-state index contributed by atoms with van der Waals surface area (Å²) in [4.78, 5) is 12.0. The Morgan fingerprint density at radius 3 is 2.75 bits per heavy atom. The molecular formula is C15H11BrO4. The molecule has 0 bridgehead atoms. The summed E-state index contributed by atoms with van der Waals surface area (Å²) in [6.45, 7) is 0.143. The second-order valence-corrected chi connectivity index (χ2v) is 5.16. The predicted molar refractivity (Wildman–Crippen MR) is 76.1 cm³/mol. The third-order valence-electron chi connectivity index (χ3n) is 2.79.